The van der Waals surface area contributed by atoms with Crippen molar-refractivity contribution in [3.63, 3.8) is 0 Å². The lowest BCUT2D eigenvalue weighted by molar-refractivity contribution is -0.167. The van der Waals surface area contributed by atoms with Gasteiger partial charge in [0.15, 0.2) is 0 Å². The average molecular weight is 374 g/mol. The Balaban J connectivity index is 1.87. The molecule has 1 aromatic rings. The van der Waals surface area contributed by atoms with Gasteiger partial charge in [-0.3, -0.25) is 19.4 Å². The number of carbonyl (C=O) groups excluding carboxylic acids is 2. The highest BCUT2D eigenvalue weighted by atomic mass is 16.6. The molecule has 2 aliphatic rings. The number of nitrogens with zero attached hydrogens (tertiary/aromatic N) is 2. The minimum atomic E-state index is -0.831. The number of carbonyl (C=O) groups is 2. The molecule has 2 aliphatic heterocycles. The normalized spacial score (nSPS) is 28.8. The molecular weight excluding hydrogens is 344 g/mol. The van der Waals surface area contributed by atoms with Crippen LogP contribution in [0.4, 0.5) is 0 Å². The van der Waals surface area contributed by atoms with Gasteiger partial charge in [-0.05, 0) is 39.7 Å². The van der Waals surface area contributed by atoms with Gasteiger partial charge in [0.1, 0.15) is 11.1 Å². The first-order valence-corrected chi connectivity index (χ1v) is 9.52. The van der Waals surface area contributed by atoms with Crippen molar-refractivity contribution >= 4 is 11.9 Å². The molecule has 6 heteroatoms. The fourth-order valence-electron chi connectivity index (χ4n) is 4.29. The van der Waals surface area contributed by atoms with Crippen LogP contribution in [0.1, 0.15) is 39.7 Å². The van der Waals surface area contributed by atoms with Crippen LogP contribution in [-0.4, -0.2) is 59.2 Å². The second-order valence-electron chi connectivity index (χ2n) is 8.67. The summed E-state index contributed by atoms with van der Waals surface area (Å²) in [5, 5.41) is 0. The van der Waals surface area contributed by atoms with Gasteiger partial charge in [-0.1, -0.05) is 30.3 Å². The lowest BCUT2D eigenvalue weighted by Gasteiger charge is -2.35. The van der Waals surface area contributed by atoms with Crippen molar-refractivity contribution < 1.29 is 19.1 Å². The summed E-state index contributed by atoms with van der Waals surface area (Å²) in [5.74, 6) is -0.913. The van der Waals surface area contributed by atoms with E-state index in [0.717, 1.165) is 19.6 Å². The Kier molecular flexibility index (Phi) is 5.32. The van der Waals surface area contributed by atoms with Gasteiger partial charge in [0, 0.05) is 19.6 Å². The summed E-state index contributed by atoms with van der Waals surface area (Å²) in [6.45, 7) is 9.74. The van der Waals surface area contributed by atoms with E-state index in [1.165, 1.54) is 12.7 Å². The van der Waals surface area contributed by atoms with Crippen molar-refractivity contribution in [2.24, 2.45) is 5.92 Å². The summed E-state index contributed by atoms with van der Waals surface area (Å²) in [7, 11) is 1.41. The van der Waals surface area contributed by atoms with E-state index in [4.69, 9.17) is 9.47 Å². The summed E-state index contributed by atoms with van der Waals surface area (Å²) in [6, 6.07) is 10.2. The van der Waals surface area contributed by atoms with Crippen LogP contribution in [0.5, 0.6) is 0 Å². The minimum absolute atomic E-state index is 0.157. The maximum Gasteiger partial charge on any atom is 0.326 e. The van der Waals surface area contributed by atoms with Crippen molar-refractivity contribution in [2.75, 3.05) is 20.2 Å². The third-order valence-electron chi connectivity index (χ3n) is 5.50. The lowest BCUT2D eigenvalue weighted by Crippen LogP contribution is -2.52. The zero-order valence-corrected chi connectivity index (χ0v) is 16.9. The van der Waals surface area contributed by atoms with Crippen LogP contribution < -0.4 is 0 Å². The van der Waals surface area contributed by atoms with Crippen LogP contribution in [0, 0.1) is 5.92 Å². The Morgan fingerprint density at radius 2 is 1.85 bits per heavy atom. The number of esters is 2. The molecule has 148 valence electrons. The lowest BCUT2D eigenvalue weighted by atomic mass is 9.92. The monoisotopic (exact) mass is 374 g/mol. The number of methoxy groups -OCH3 is 1. The number of hydrogen-bond acceptors (Lipinski definition) is 6. The molecule has 0 N–H and O–H groups in total. The third-order valence-corrected chi connectivity index (χ3v) is 5.50. The van der Waals surface area contributed by atoms with Gasteiger partial charge < -0.3 is 9.47 Å². The number of ether oxygens (including phenoxy) is 2. The molecular formula is C21H30N2O4. The van der Waals surface area contributed by atoms with Crippen molar-refractivity contribution in [3.8, 4) is 0 Å². The van der Waals surface area contributed by atoms with E-state index in [0.29, 0.717) is 6.42 Å². The topological polar surface area (TPSA) is 59.1 Å². The quantitative estimate of drug-likeness (QED) is 0.755. The maximum atomic E-state index is 13.0. The van der Waals surface area contributed by atoms with Crippen molar-refractivity contribution in [3.05, 3.63) is 35.9 Å². The van der Waals surface area contributed by atoms with Crippen LogP contribution in [0.2, 0.25) is 0 Å². The van der Waals surface area contributed by atoms with Crippen LogP contribution in [-0.2, 0) is 25.6 Å². The SMILES string of the molecule is COC(=O)C1CC(C)(C(=O)OC(C)(C)C)N2CCN(Cc3ccccc3)C12. The highest BCUT2D eigenvalue weighted by Crippen LogP contribution is 2.44. The Bertz CT molecular complexity index is 700. The Morgan fingerprint density at radius 3 is 2.44 bits per heavy atom. The molecule has 0 saturated carbocycles. The molecule has 27 heavy (non-hydrogen) atoms. The molecule has 2 saturated heterocycles. The predicted molar refractivity (Wildman–Crippen MR) is 102 cm³/mol. The van der Waals surface area contributed by atoms with Gasteiger partial charge in [0.05, 0.1) is 19.2 Å². The first-order valence-electron chi connectivity index (χ1n) is 9.52. The maximum absolute atomic E-state index is 13.0. The highest BCUT2D eigenvalue weighted by Gasteiger charge is 2.60. The summed E-state index contributed by atoms with van der Waals surface area (Å²) in [6.07, 6.45) is 0.250. The summed E-state index contributed by atoms with van der Waals surface area (Å²) in [5.41, 5.74) is -0.209. The molecule has 1 aromatic carbocycles. The molecule has 3 unspecified atom stereocenters. The molecule has 0 spiro atoms. The molecule has 0 radical (unpaired) electrons. The first-order chi connectivity index (χ1) is 12.7. The number of fused-ring (bicyclic) bond motifs is 1. The molecule has 2 fully saturated rings. The van der Waals surface area contributed by atoms with E-state index in [-0.39, 0.29) is 24.0 Å². The second kappa shape index (κ2) is 7.24. The summed E-state index contributed by atoms with van der Waals surface area (Å²) < 4.78 is 10.8. The molecule has 2 heterocycles. The molecule has 6 nitrogen and oxygen atoms in total. The highest BCUT2D eigenvalue weighted by molar-refractivity contribution is 5.84. The van der Waals surface area contributed by atoms with Gasteiger partial charge in [-0.2, -0.15) is 0 Å². The van der Waals surface area contributed by atoms with E-state index in [2.05, 4.69) is 21.9 Å². The fourth-order valence-corrected chi connectivity index (χ4v) is 4.29. The van der Waals surface area contributed by atoms with Crippen LogP contribution in [0.15, 0.2) is 30.3 Å². The molecule has 3 rings (SSSR count). The second-order valence-corrected chi connectivity index (χ2v) is 8.67. The average Bonchev–Trinajstić information content (AvgIpc) is 3.14. The third kappa shape index (κ3) is 3.87. The molecule has 0 amide bonds. The number of benzene rings is 1. The predicted octanol–water partition coefficient (Wildman–Crippen LogP) is 2.42. The van der Waals surface area contributed by atoms with Crippen LogP contribution in [0.25, 0.3) is 0 Å². The van der Waals surface area contributed by atoms with E-state index in [9.17, 15) is 9.59 Å². The van der Waals surface area contributed by atoms with Crippen molar-refractivity contribution in [1.29, 1.82) is 0 Å². The Labute approximate surface area is 161 Å². The van der Waals surface area contributed by atoms with Crippen LogP contribution >= 0.6 is 0 Å². The van der Waals surface area contributed by atoms with Crippen molar-refractivity contribution in [1.82, 2.24) is 9.80 Å². The zero-order valence-electron chi connectivity index (χ0n) is 16.9. The smallest absolute Gasteiger partial charge is 0.326 e. The standard InChI is InChI=1S/C21H30N2O4/c1-20(2,3)27-19(25)21(4)13-16(18(24)26-5)17-22(11-12-23(17)21)14-15-9-7-6-8-10-15/h6-10,16-17H,11-14H2,1-5H3. The summed E-state index contributed by atoms with van der Waals surface area (Å²) >= 11 is 0. The Morgan fingerprint density at radius 1 is 1.19 bits per heavy atom. The summed E-state index contributed by atoms with van der Waals surface area (Å²) in [4.78, 5) is 29.9. The van der Waals surface area contributed by atoms with E-state index in [1.807, 2.05) is 45.9 Å². The number of hydrogen-bond donors (Lipinski definition) is 0. The van der Waals surface area contributed by atoms with E-state index >= 15 is 0 Å². The van der Waals surface area contributed by atoms with Gasteiger partial charge in [-0.25, -0.2) is 0 Å². The minimum Gasteiger partial charge on any atom is -0.469 e. The first kappa shape index (κ1) is 19.8. The number of rotatable bonds is 4. The van der Waals surface area contributed by atoms with E-state index < -0.39 is 11.1 Å². The molecule has 0 aliphatic carbocycles. The fraction of sp³-hybridized carbons (Fsp3) is 0.619. The van der Waals surface area contributed by atoms with Gasteiger partial charge in [0.25, 0.3) is 0 Å². The van der Waals surface area contributed by atoms with Crippen molar-refractivity contribution in [2.45, 2.75) is 58.0 Å². The molecule has 0 bridgehead atoms. The molecule has 0 aromatic heterocycles. The largest absolute Gasteiger partial charge is 0.469 e. The zero-order chi connectivity index (χ0) is 19.8. The van der Waals surface area contributed by atoms with E-state index in [1.54, 1.807) is 0 Å². The van der Waals surface area contributed by atoms with Crippen LogP contribution in [0.3, 0.4) is 0 Å². The molecule has 3 atom stereocenters. The van der Waals surface area contributed by atoms with Gasteiger partial charge in [0.2, 0.25) is 0 Å². The van der Waals surface area contributed by atoms with Gasteiger partial charge in [-0.15, -0.1) is 0 Å². The van der Waals surface area contributed by atoms with Gasteiger partial charge >= 0.3 is 11.9 Å². The Hall–Kier alpha value is -1.92.